The van der Waals surface area contributed by atoms with Crippen LogP contribution in [0.1, 0.15) is 36.2 Å². The summed E-state index contributed by atoms with van der Waals surface area (Å²) in [5.74, 6) is 1.91. The summed E-state index contributed by atoms with van der Waals surface area (Å²) < 4.78 is 6.90. The summed E-state index contributed by atoms with van der Waals surface area (Å²) in [6, 6.07) is 0. The summed E-state index contributed by atoms with van der Waals surface area (Å²) in [6.07, 6.45) is 4.21. The molecule has 3 rings (SSSR count). The molecule has 0 bridgehead atoms. The van der Waals surface area contributed by atoms with E-state index in [0.29, 0.717) is 24.8 Å². The Kier molecular flexibility index (Phi) is 2.60. The molecule has 17 heavy (non-hydrogen) atoms. The lowest BCUT2D eigenvalue weighted by atomic mass is 10.4. The minimum absolute atomic E-state index is 0.492. The van der Waals surface area contributed by atoms with E-state index in [1.54, 1.807) is 4.68 Å². The molecule has 7 heteroatoms. The van der Waals surface area contributed by atoms with Crippen molar-refractivity contribution in [3.8, 4) is 0 Å². The Labute approximate surface area is 98.2 Å². The highest BCUT2D eigenvalue weighted by Gasteiger charge is 2.29. The van der Waals surface area contributed by atoms with Crippen molar-refractivity contribution in [2.24, 2.45) is 0 Å². The van der Waals surface area contributed by atoms with E-state index in [4.69, 9.17) is 4.52 Å². The van der Waals surface area contributed by atoms with Crippen molar-refractivity contribution in [2.75, 3.05) is 7.05 Å². The van der Waals surface area contributed by atoms with Crippen LogP contribution in [0.5, 0.6) is 0 Å². The van der Waals surface area contributed by atoms with Crippen LogP contribution in [-0.4, -0.2) is 32.2 Å². The van der Waals surface area contributed by atoms with Gasteiger partial charge in [0, 0.05) is 12.5 Å². The Balaban J connectivity index is 1.67. The molecule has 1 fully saturated rings. The van der Waals surface area contributed by atoms with E-state index in [9.17, 15) is 0 Å². The Morgan fingerprint density at radius 2 is 2.41 bits per heavy atom. The standard InChI is InChI=1S/C10H14N6O/c1-11-4-8-5-16(15-13-8)6-9-12-10(17-14-9)7-2-3-7/h5,7,11H,2-4,6H2,1H3. The first-order chi connectivity index (χ1) is 8.35. The summed E-state index contributed by atoms with van der Waals surface area (Å²) in [7, 11) is 1.88. The van der Waals surface area contributed by atoms with E-state index < -0.39 is 0 Å². The van der Waals surface area contributed by atoms with Crippen LogP contribution >= 0.6 is 0 Å². The molecule has 0 aliphatic heterocycles. The van der Waals surface area contributed by atoms with Gasteiger partial charge in [0.15, 0.2) is 5.82 Å². The zero-order valence-corrected chi connectivity index (χ0v) is 9.63. The van der Waals surface area contributed by atoms with Crippen LogP contribution < -0.4 is 5.32 Å². The normalized spacial score (nSPS) is 15.4. The molecule has 2 aromatic heterocycles. The molecule has 1 saturated carbocycles. The highest BCUT2D eigenvalue weighted by Crippen LogP contribution is 2.38. The molecule has 2 aromatic rings. The van der Waals surface area contributed by atoms with Gasteiger partial charge >= 0.3 is 0 Å². The van der Waals surface area contributed by atoms with Gasteiger partial charge in [0.2, 0.25) is 5.89 Å². The van der Waals surface area contributed by atoms with E-state index in [-0.39, 0.29) is 0 Å². The maximum absolute atomic E-state index is 5.18. The van der Waals surface area contributed by atoms with Gasteiger partial charge in [0.05, 0.1) is 11.9 Å². The first-order valence-corrected chi connectivity index (χ1v) is 5.71. The third-order valence-electron chi connectivity index (χ3n) is 2.66. The predicted octanol–water partition coefficient (Wildman–Crippen LogP) is 0.306. The van der Waals surface area contributed by atoms with Gasteiger partial charge in [-0.15, -0.1) is 5.10 Å². The van der Waals surface area contributed by atoms with E-state index in [1.165, 1.54) is 0 Å². The second-order valence-electron chi connectivity index (χ2n) is 4.26. The molecular formula is C10H14N6O. The molecule has 0 amide bonds. The lowest BCUT2D eigenvalue weighted by Gasteiger charge is -1.92. The van der Waals surface area contributed by atoms with Crippen molar-refractivity contribution in [2.45, 2.75) is 31.8 Å². The maximum atomic E-state index is 5.18. The van der Waals surface area contributed by atoms with Gasteiger partial charge < -0.3 is 9.84 Å². The molecular weight excluding hydrogens is 220 g/mol. The summed E-state index contributed by atoms with van der Waals surface area (Å²) >= 11 is 0. The van der Waals surface area contributed by atoms with Crippen LogP contribution in [0.3, 0.4) is 0 Å². The van der Waals surface area contributed by atoms with Gasteiger partial charge in [-0.2, -0.15) is 4.98 Å². The van der Waals surface area contributed by atoms with E-state index >= 15 is 0 Å². The zero-order chi connectivity index (χ0) is 11.7. The van der Waals surface area contributed by atoms with Crippen LogP contribution in [0.2, 0.25) is 0 Å². The summed E-state index contributed by atoms with van der Waals surface area (Å²) in [5.41, 5.74) is 0.901. The predicted molar refractivity (Wildman–Crippen MR) is 58.2 cm³/mol. The highest BCUT2D eigenvalue weighted by atomic mass is 16.5. The quantitative estimate of drug-likeness (QED) is 0.801. The van der Waals surface area contributed by atoms with E-state index in [1.807, 2.05) is 13.2 Å². The monoisotopic (exact) mass is 234 g/mol. The van der Waals surface area contributed by atoms with Gasteiger partial charge in [0.1, 0.15) is 6.54 Å². The number of hydrogen-bond donors (Lipinski definition) is 1. The van der Waals surface area contributed by atoms with Gasteiger partial charge in [-0.1, -0.05) is 10.4 Å². The second kappa shape index (κ2) is 4.25. The fraction of sp³-hybridized carbons (Fsp3) is 0.600. The maximum Gasteiger partial charge on any atom is 0.229 e. The zero-order valence-electron chi connectivity index (χ0n) is 9.63. The van der Waals surface area contributed by atoms with Crippen molar-refractivity contribution < 1.29 is 4.52 Å². The van der Waals surface area contributed by atoms with Crippen LogP contribution in [0.4, 0.5) is 0 Å². The molecule has 0 saturated heterocycles. The van der Waals surface area contributed by atoms with Gasteiger partial charge in [-0.05, 0) is 19.9 Å². The molecule has 0 unspecified atom stereocenters. The smallest absolute Gasteiger partial charge is 0.229 e. The average molecular weight is 234 g/mol. The van der Waals surface area contributed by atoms with Gasteiger partial charge in [0.25, 0.3) is 0 Å². The Morgan fingerprint density at radius 1 is 1.53 bits per heavy atom. The van der Waals surface area contributed by atoms with Crippen LogP contribution in [0.15, 0.2) is 10.7 Å². The second-order valence-corrected chi connectivity index (χ2v) is 4.26. The first-order valence-electron chi connectivity index (χ1n) is 5.71. The minimum atomic E-state index is 0.492. The van der Waals surface area contributed by atoms with Crippen LogP contribution in [0, 0.1) is 0 Å². The SMILES string of the molecule is CNCc1cn(Cc2noc(C3CC3)n2)nn1. The van der Waals surface area contributed by atoms with Gasteiger partial charge in [-0.3, -0.25) is 0 Å². The molecule has 90 valence electrons. The van der Waals surface area contributed by atoms with Crippen molar-refractivity contribution in [1.29, 1.82) is 0 Å². The fourth-order valence-electron chi connectivity index (χ4n) is 1.65. The van der Waals surface area contributed by atoms with Crippen molar-refractivity contribution in [1.82, 2.24) is 30.5 Å². The summed E-state index contributed by atoms with van der Waals surface area (Å²) in [4.78, 5) is 4.34. The molecule has 2 heterocycles. The topological polar surface area (TPSA) is 81.7 Å². The minimum Gasteiger partial charge on any atom is -0.339 e. The molecule has 0 spiro atoms. The molecule has 7 nitrogen and oxygen atoms in total. The Morgan fingerprint density at radius 3 is 3.18 bits per heavy atom. The summed E-state index contributed by atoms with van der Waals surface area (Å²) in [6.45, 7) is 1.21. The third kappa shape index (κ3) is 2.33. The number of nitrogens with zero attached hydrogens (tertiary/aromatic N) is 5. The third-order valence-corrected chi connectivity index (χ3v) is 2.66. The Bertz CT molecular complexity index is 500. The first kappa shape index (κ1) is 10.4. The largest absolute Gasteiger partial charge is 0.339 e. The van der Waals surface area contributed by atoms with E-state index in [2.05, 4.69) is 25.8 Å². The molecule has 0 radical (unpaired) electrons. The fourth-order valence-corrected chi connectivity index (χ4v) is 1.65. The number of rotatable bonds is 5. The number of nitrogens with one attached hydrogen (secondary N) is 1. The van der Waals surface area contributed by atoms with Crippen molar-refractivity contribution in [3.63, 3.8) is 0 Å². The lowest BCUT2D eigenvalue weighted by Crippen LogP contribution is -2.05. The van der Waals surface area contributed by atoms with E-state index in [0.717, 1.165) is 24.4 Å². The van der Waals surface area contributed by atoms with Crippen LogP contribution in [-0.2, 0) is 13.1 Å². The van der Waals surface area contributed by atoms with Crippen molar-refractivity contribution in [3.05, 3.63) is 23.6 Å². The van der Waals surface area contributed by atoms with Gasteiger partial charge in [-0.25, -0.2) is 4.68 Å². The average Bonchev–Trinajstić information content (AvgIpc) is 2.92. The molecule has 1 aliphatic rings. The molecule has 1 N–H and O–H groups in total. The molecule has 1 aliphatic carbocycles. The number of hydrogen-bond acceptors (Lipinski definition) is 6. The number of aromatic nitrogens is 5. The molecule has 0 atom stereocenters. The Hall–Kier alpha value is -1.76. The summed E-state index contributed by atoms with van der Waals surface area (Å²) in [5, 5.41) is 15.0. The highest BCUT2D eigenvalue weighted by molar-refractivity contribution is 5.02. The lowest BCUT2D eigenvalue weighted by molar-refractivity contribution is 0.372. The van der Waals surface area contributed by atoms with Crippen molar-refractivity contribution >= 4 is 0 Å². The van der Waals surface area contributed by atoms with Crippen LogP contribution in [0.25, 0.3) is 0 Å². The molecule has 0 aromatic carbocycles.